The molecule has 1 N–H and O–H groups in total. The van der Waals surface area contributed by atoms with Crippen LogP contribution in [0.1, 0.15) is 23.5 Å². The van der Waals surface area contributed by atoms with Gasteiger partial charge in [0.2, 0.25) is 0 Å². The van der Waals surface area contributed by atoms with Crippen LogP contribution in [0.2, 0.25) is 5.02 Å². The van der Waals surface area contributed by atoms with E-state index in [1.54, 1.807) is 0 Å². The number of ether oxygens (including phenoxy) is 1. The molecule has 2 atom stereocenters. The molecule has 0 spiro atoms. The van der Waals surface area contributed by atoms with Crippen LogP contribution in [0.3, 0.4) is 0 Å². The van der Waals surface area contributed by atoms with Gasteiger partial charge >= 0.3 is 0 Å². The van der Waals surface area contributed by atoms with Crippen molar-refractivity contribution >= 4 is 22.4 Å². The number of aliphatic hydroxyl groups is 1. The van der Waals surface area contributed by atoms with Crippen molar-refractivity contribution in [2.75, 3.05) is 0 Å². The molecule has 3 heteroatoms. The summed E-state index contributed by atoms with van der Waals surface area (Å²) in [5.41, 5.74) is 2.11. The van der Waals surface area contributed by atoms with E-state index in [1.165, 1.54) is 0 Å². The summed E-state index contributed by atoms with van der Waals surface area (Å²) in [7, 11) is 0. The first-order chi connectivity index (χ1) is 10.7. The standard InChI is InChI=1S/C19H15ClO2/c20-17-8-4-3-7-14(17)16-11-18(21)22-19-13-6-2-1-5-12(13)9-10-15(16)19/h1-10,16,18,21H,11H2/t16-,18-/m0/s1. The lowest BCUT2D eigenvalue weighted by Crippen LogP contribution is -2.26. The van der Waals surface area contributed by atoms with Crippen LogP contribution in [-0.4, -0.2) is 11.4 Å². The molecule has 1 heterocycles. The van der Waals surface area contributed by atoms with Crippen molar-refractivity contribution in [3.05, 3.63) is 76.8 Å². The Balaban J connectivity index is 1.95. The zero-order valence-electron chi connectivity index (χ0n) is 11.9. The summed E-state index contributed by atoms with van der Waals surface area (Å²) in [6.07, 6.45) is -0.311. The second-order valence-electron chi connectivity index (χ2n) is 5.59. The van der Waals surface area contributed by atoms with Gasteiger partial charge in [-0.2, -0.15) is 0 Å². The third kappa shape index (κ3) is 2.16. The predicted octanol–water partition coefficient (Wildman–Crippen LogP) is 4.73. The summed E-state index contributed by atoms with van der Waals surface area (Å²) in [4.78, 5) is 0. The molecule has 110 valence electrons. The monoisotopic (exact) mass is 310 g/mol. The summed E-state index contributed by atoms with van der Waals surface area (Å²) >= 11 is 6.37. The molecule has 0 unspecified atom stereocenters. The van der Waals surface area contributed by atoms with E-state index < -0.39 is 6.29 Å². The van der Waals surface area contributed by atoms with Crippen molar-refractivity contribution in [1.29, 1.82) is 0 Å². The normalized spacial score (nSPS) is 20.5. The second-order valence-corrected chi connectivity index (χ2v) is 5.99. The lowest BCUT2D eigenvalue weighted by Gasteiger charge is -2.31. The Morgan fingerprint density at radius 1 is 0.909 bits per heavy atom. The summed E-state index contributed by atoms with van der Waals surface area (Å²) < 4.78 is 5.75. The second kappa shape index (κ2) is 5.31. The first-order valence-electron chi connectivity index (χ1n) is 7.35. The lowest BCUT2D eigenvalue weighted by atomic mass is 9.85. The number of hydrogen-bond acceptors (Lipinski definition) is 2. The molecular weight excluding hydrogens is 296 g/mol. The fraction of sp³-hybridized carbons (Fsp3) is 0.158. The van der Waals surface area contributed by atoms with Crippen molar-refractivity contribution in [2.45, 2.75) is 18.6 Å². The Labute approximate surface area is 133 Å². The number of fused-ring (bicyclic) bond motifs is 3. The highest BCUT2D eigenvalue weighted by atomic mass is 35.5. The molecule has 0 saturated carbocycles. The minimum absolute atomic E-state index is 0.0389. The quantitative estimate of drug-likeness (QED) is 0.704. The molecule has 0 bridgehead atoms. The highest BCUT2D eigenvalue weighted by Crippen LogP contribution is 2.45. The molecule has 0 aliphatic carbocycles. The van der Waals surface area contributed by atoms with Gasteiger partial charge in [0, 0.05) is 28.3 Å². The van der Waals surface area contributed by atoms with E-state index in [0.29, 0.717) is 6.42 Å². The fourth-order valence-corrected chi connectivity index (χ4v) is 3.50. The van der Waals surface area contributed by atoms with E-state index in [4.69, 9.17) is 16.3 Å². The maximum Gasteiger partial charge on any atom is 0.198 e. The van der Waals surface area contributed by atoms with Crippen LogP contribution in [0.5, 0.6) is 5.75 Å². The Hall–Kier alpha value is -2.03. The fourth-order valence-electron chi connectivity index (χ4n) is 3.23. The molecule has 2 nitrogen and oxygen atoms in total. The molecule has 3 aromatic carbocycles. The van der Waals surface area contributed by atoms with Crippen molar-refractivity contribution in [1.82, 2.24) is 0 Å². The molecule has 0 amide bonds. The summed E-state index contributed by atoms with van der Waals surface area (Å²) in [6.45, 7) is 0. The molecule has 3 aromatic rings. The van der Waals surface area contributed by atoms with Gasteiger partial charge in [-0.15, -0.1) is 0 Å². The predicted molar refractivity (Wildman–Crippen MR) is 88.5 cm³/mol. The van der Waals surface area contributed by atoms with Gasteiger partial charge in [-0.25, -0.2) is 0 Å². The average molecular weight is 311 g/mol. The third-order valence-electron chi connectivity index (χ3n) is 4.26. The van der Waals surface area contributed by atoms with Gasteiger partial charge in [-0.1, -0.05) is 66.2 Å². The summed E-state index contributed by atoms with van der Waals surface area (Å²) in [5, 5.41) is 13.0. The zero-order valence-corrected chi connectivity index (χ0v) is 12.6. The molecular formula is C19H15ClO2. The molecule has 0 saturated heterocycles. The maximum atomic E-state index is 10.2. The van der Waals surface area contributed by atoms with Crippen molar-refractivity contribution in [2.24, 2.45) is 0 Å². The van der Waals surface area contributed by atoms with Gasteiger partial charge < -0.3 is 9.84 Å². The molecule has 0 fully saturated rings. The van der Waals surface area contributed by atoms with Crippen LogP contribution >= 0.6 is 11.6 Å². The highest BCUT2D eigenvalue weighted by Gasteiger charge is 2.30. The van der Waals surface area contributed by atoms with E-state index in [0.717, 1.165) is 32.7 Å². The van der Waals surface area contributed by atoms with Crippen LogP contribution in [0.25, 0.3) is 10.8 Å². The van der Waals surface area contributed by atoms with Crippen LogP contribution in [0.15, 0.2) is 60.7 Å². The third-order valence-corrected chi connectivity index (χ3v) is 4.60. The SMILES string of the molecule is O[C@@H]1C[C@@H](c2ccccc2Cl)c2ccc3ccccc3c2O1. The largest absolute Gasteiger partial charge is 0.464 e. The Kier molecular flexibility index (Phi) is 3.29. The van der Waals surface area contributed by atoms with Crippen LogP contribution in [0.4, 0.5) is 0 Å². The van der Waals surface area contributed by atoms with Crippen LogP contribution in [0, 0.1) is 0 Å². The number of benzene rings is 3. The zero-order chi connectivity index (χ0) is 15.1. The van der Waals surface area contributed by atoms with Gasteiger partial charge in [-0.05, 0) is 17.0 Å². The topological polar surface area (TPSA) is 29.5 Å². The highest BCUT2D eigenvalue weighted by molar-refractivity contribution is 6.31. The lowest BCUT2D eigenvalue weighted by molar-refractivity contribution is -0.0346. The minimum atomic E-state index is -0.820. The molecule has 22 heavy (non-hydrogen) atoms. The van der Waals surface area contributed by atoms with E-state index in [2.05, 4.69) is 12.1 Å². The first-order valence-corrected chi connectivity index (χ1v) is 7.72. The maximum absolute atomic E-state index is 10.2. The number of aliphatic hydroxyl groups excluding tert-OH is 1. The van der Waals surface area contributed by atoms with E-state index >= 15 is 0 Å². The number of hydrogen-bond donors (Lipinski definition) is 1. The number of rotatable bonds is 1. The van der Waals surface area contributed by atoms with Gasteiger partial charge in [0.15, 0.2) is 6.29 Å². The van der Waals surface area contributed by atoms with E-state index in [-0.39, 0.29) is 5.92 Å². The molecule has 0 radical (unpaired) electrons. The smallest absolute Gasteiger partial charge is 0.198 e. The van der Waals surface area contributed by atoms with Gasteiger partial charge in [0.25, 0.3) is 0 Å². The Bertz CT molecular complexity index is 844. The van der Waals surface area contributed by atoms with Gasteiger partial charge in [0.05, 0.1) is 0 Å². The van der Waals surface area contributed by atoms with E-state index in [1.807, 2.05) is 48.5 Å². The number of halogens is 1. The molecule has 0 aromatic heterocycles. The first kappa shape index (κ1) is 13.6. The Morgan fingerprint density at radius 2 is 1.68 bits per heavy atom. The molecule has 1 aliphatic rings. The molecule has 1 aliphatic heterocycles. The van der Waals surface area contributed by atoms with Crippen LogP contribution in [-0.2, 0) is 0 Å². The van der Waals surface area contributed by atoms with Crippen molar-refractivity contribution in [3.63, 3.8) is 0 Å². The van der Waals surface area contributed by atoms with E-state index in [9.17, 15) is 5.11 Å². The minimum Gasteiger partial charge on any atom is -0.464 e. The van der Waals surface area contributed by atoms with Crippen LogP contribution < -0.4 is 4.74 Å². The summed E-state index contributed by atoms with van der Waals surface area (Å²) in [5.74, 6) is 0.804. The Morgan fingerprint density at radius 3 is 2.55 bits per heavy atom. The average Bonchev–Trinajstić information content (AvgIpc) is 2.54. The van der Waals surface area contributed by atoms with Crippen molar-refractivity contribution in [3.8, 4) is 5.75 Å². The van der Waals surface area contributed by atoms with Crippen molar-refractivity contribution < 1.29 is 9.84 Å². The van der Waals surface area contributed by atoms with Gasteiger partial charge in [-0.3, -0.25) is 0 Å². The summed E-state index contributed by atoms with van der Waals surface area (Å²) in [6, 6.07) is 20.0. The van der Waals surface area contributed by atoms with Gasteiger partial charge in [0.1, 0.15) is 5.75 Å². The molecule has 4 rings (SSSR count).